The van der Waals surface area contributed by atoms with Crippen LogP contribution in [0, 0.1) is 5.92 Å². The van der Waals surface area contributed by atoms with Gasteiger partial charge in [-0.3, -0.25) is 24.7 Å². The van der Waals surface area contributed by atoms with Crippen LogP contribution in [0.25, 0.3) is 0 Å². The van der Waals surface area contributed by atoms with Crippen LogP contribution >= 0.6 is 0 Å². The number of nitrogens with one attached hydrogen (secondary N) is 1. The second-order valence-corrected chi connectivity index (χ2v) is 7.42. The van der Waals surface area contributed by atoms with Crippen molar-refractivity contribution >= 4 is 23.5 Å². The molecule has 2 aliphatic heterocycles. The summed E-state index contributed by atoms with van der Waals surface area (Å²) in [7, 11) is 0. The van der Waals surface area contributed by atoms with E-state index < -0.39 is 6.03 Å². The predicted molar refractivity (Wildman–Crippen MR) is 105 cm³/mol. The van der Waals surface area contributed by atoms with Gasteiger partial charge in [-0.1, -0.05) is 19.9 Å². The zero-order valence-electron chi connectivity index (χ0n) is 16.5. The molecule has 4 amide bonds. The van der Waals surface area contributed by atoms with Gasteiger partial charge >= 0.3 is 6.03 Å². The average molecular weight is 388 g/mol. The molecule has 8 heteroatoms. The number of carbonyl (C=O) groups excluding carboxylic acids is 3. The molecule has 0 aromatic heterocycles. The van der Waals surface area contributed by atoms with Crippen molar-refractivity contribution in [2.24, 2.45) is 5.92 Å². The summed E-state index contributed by atoms with van der Waals surface area (Å²) in [4.78, 5) is 41.1. The molecule has 1 N–H and O–H groups in total. The monoisotopic (exact) mass is 388 g/mol. The van der Waals surface area contributed by atoms with Crippen molar-refractivity contribution in [3.63, 3.8) is 0 Å². The number of hydrogen-bond acceptors (Lipinski definition) is 5. The molecule has 3 rings (SSSR count). The van der Waals surface area contributed by atoms with E-state index in [1.165, 1.54) is 0 Å². The topological polar surface area (TPSA) is 82.2 Å². The van der Waals surface area contributed by atoms with Crippen molar-refractivity contribution in [2.75, 3.05) is 50.8 Å². The molecule has 0 spiro atoms. The lowest BCUT2D eigenvalue weighted by Crippen LogP contribution is -2.50. The summed E-state index contributed by atoms with van der Waals surface area (Å²) in [6.07, 6.45) is 0.294. The minimum atomic E-state index is -0.401. The highest BCUT2D eigenvalue weighted by Gasteiger charge is 2.25. The lowest BCUT2D eigenvalue weighted by atomic mass is 10.1. The molecule has 2 fully saturated rings. The lowest BCUT2D eigenvalue weighted by molar-refractivity contribution is -0.136. The third kappa shape index (κ3) is 5.01. The Morgan fingerprint density at radius 1 is 1.14 bits per heavy atom. The van der Waals surface area contributed by atoms with Crippen LogP contribution in [0.3, 0.4) is 0 Å². The average Bonchev–Trinajstić information content (AvgIpc) is 2.68. The molecule has 1 aromatic carbocycles. The fraction of sp³-hybridized carbons (Fsp3) is 0.550. The van der Waals surface area contributed by atoms with E-state index >= 15 is 0 Å². The first-order valence-electron chi connectivity index (χ1n) is 9.79. The molecule has 0 bridgehead atoms. The fourth-order valence-electron chi connectivity index (χ4n) is 3.40. The highest BCUT2D eigenvalue weighted by atomic mass is 16.5. The van der Waals surface area contributed by atoms with Crippen LogP contribution in [0.2, 0.25) is 0 Å². The highest BCUT2D eigenvalue weighted by Crippen LogP contribution is 2.23. The maximum absolute atomic E-state index is 12.0. The smallest absolute Gasteiger partial charge is 0.328 e. The first kappa shape index (κ1) is 20.1. The van der Waals surface area contributed by atoms with Crippen molar-refractivity contribution in [1.82, 2.24) is 15.1 Å². The minimum absolute atomic E-state index is 0.0438. The number of carbonyl (C=O) groups is 3. The van der Waals surface area contributed by atoms with Gasteiger partial charge in [-0.2, -0.15) is 0 Å². The van der Waals surface area contributed by atoms with Crippen molar-refractivity contribution in [3.05, 3.63) is 24.3 Å². The van der Waals surface area contributed by atoms with Gasteiger partial charge in [0.1, 0.15) is 12.4 Å². The number of piperazine rings is 1. The van der Waals surface area contributed by atoms with Gasteiger partial charge in [-0.25, -0.2) is 4.79 Å². The molecule has 2 saturated heterocycles. The summed E-state index contributed by atoms with van der Waals surface area (Å²) in [5, 5.41) is 2.32. The van der Waals surface area contributed by atoms with Gasteiger partial charge in [-0.15, -0.1) is 0 Å². The summed E-state index contributed by atoms with van der Waals surface area (Å²) in [5.41, 5.74) is 0.711. The molecule has 0 aliphatic carbocycles. The van der Waals surface area contributed by atoms with Gasteiger partial charge in [0.2, 0.25) is 11.8 Å². The second kappa shape index (κ2) is 9.05. The zero-order valence-corrected chi connectivity index (χ0v) is 16.5. The molecule has 28 heavy (non-hydrogen) atoms. The van der Waals surface area contributed by atoms with E-state index in [0.29, 0.717) is 31.0 Å². The summed E-state index contributed by atoms with van der Waals surface area (Å²) < 4.78 is 5.86. The van der Waals surface area contributed by atoms with E-state index in [1.54, 1.807) is 4.90 Å². The molecule has 0 atom stereocenters. The van der Waals surface area contributed by atoms with Crippen LogP contribution in [0.15, 0.2) is 24.3 Å². The third-order valence-corrected chi connectivity index (χ3v) is 5.04. The number of benzene rings is 1. The quantitative estimate of drug-likeness (QED) is 0.795. The summed E-state index contributed by atoms with van der Waals surface area (Å²) >= 11 is 0. The Morgan fingerprint density at radius 2 is 1.89 bits per heavy atom. The van der Waals surface area contributed by atoms with E-state index in [9.17, 15) is 14.4 Å². The number of anilines is 1. The Bertz CT molecular complexity index is 729. The van der Waals surface area contributed by atoms with Crippen LogP contribution in [0.1, 0.15) is 20.3 Å². The first-order chi connectivity index (χ1) is 13.4. The Balaban J connectivity index is 1.45. The number of hydrogen-bond donors (Lipinski definition) is 1. The molecule has 2 heterocycles. The van der Waals surface area contributed by atoms with Crippen molar-refractivity contribution in [1.29, 1.82) is 0 Å². The molecule has 0 radical (unpaired) electrons. The maximum atomic E-state index is 12.0. The van der Waals surface area contributed by atoms with Crippen molar-refractivity contribution < 1.29 is 19.1 Å². The Kier molecular flexibility index (Phi) is 6.51. The van der Waals surface area contributed by atoms with E-state index in [2.05, 4.69) is 10.2 Å². The number of imide groups is 1. The Hall–Kier alpha value is -2.61. The fourth-order valence-corrected chi connectivity index (χ4v) is 3.40. The Labute approximate surface area is 165 Å². The first-order valence-corrected chi connectivity index (χ1v) is 9.79. The van der Waals surface area contributed by atoms with E-state index in [4.69, 9.17) is 4.74 Å². The lowest BCUT2D eigenvalue weighted by Gasteiger charge is -2.35. The van der Waals surface area contributed by atoms with Crippen LogP contribution in [0.5, 0.6) is 5.75 Å². The number of rotatable bonds is 6. The van der Waals surface area contributed by atoms with Crippen LogP contribution in [-0.2, 0) is 9.59 Å². The van der Waals surface area contributed by atoms with Gasteiger partial charge in [0.05, 0.1) is 0 Å². The van der Waals surface area contributed by atoms with Crippen molar-refractivity contribution in [2.45, 2.75) is 20.3 Å². The standard InChI is InChI=1S/C20H28N4O4/c1-15(2)19(26)23-10-8-22(9-11-23)12-13-28-17-5-3-4-16(14-17)24-7-6-18(25)21-20(24)27/h3-5,14-15H,6-13H2,1-2H3,(H,21,25,27). The second-order valence-electron chi connectivity index (χ2n) is 7.42. The summed E-state index contributed by atoms with van der Waals surface area (Å²) in [6, 6.07) is 6.93. The number of ether oxygens (including phenoxy) is 1. The van der Waals surface area contributed by atoms with Crippen LogP contribution in [0.4, 0.5) is 10.5 Å². The van der Waals surface area contributed by atoms with E-state index in [0.717, 1.165) is 32.7 Å². The number of nitrogens with zero attached hydrogens (tertiary/aromatic N) is 3. The maximum Gasteiger partial charge on any atom is 0.328 e. The third-order valence-electron chi connectivity index (χ3n) is 5.04. The largest absolute Gasteiger partial charge is 0.492 e. The van der Waals surface area contributed by atoms with E-state index in [-0.39, 0.29) is 17.7 Å². The summed E-state index contributed by atoms with van der Waals surface area (Å²) in [6.45, 7) is 8.77. The Morgan fingerprint density at radius 3 is 2.57 bits per heavy atom. The molecule has 2 aliphatic rings. The number of urea groups is 1. The van der Waals surface area contributed by atoms with Crippen LogP contribution in [-0.4, -0.2) is 73.5 Å². The van der Waals surface area contributed by atoms with Gasteiger partial charge < -0.3 is 9.64 Å². The highest BCUT2D eigenvalue weighted by molar-refractivity contribution is 6.05. The normalized spacial score (nSPS) is 18.4. The zero-order chi connectivity index (χ0) is 20.1. The minimum Gasteiger partial charge on any atom is -0.492 e. The molecule has 8 nitrogen and oxygen atoms in total. The van der Waals surface area contributed by atoms with Crippen LogP contribution < -0.4 is 15.0 Å². The van der Waals surface area contributed by atoms with Gasteiger partial charge in [0.25, 0.3) is 0 Å². The molecular weight excluding hydrogens is 360 g/mol. The van der Waals surface area contributed by atoms with Gasteiger partial charge in [0.15, 0.2) is 0 Å². The van der Waals surface area contributed by atoms with E-state index in [1.807, 2.05) is 43.0 Å². The molecule has 0 unspecified atom stereocenters. The SMILES string of the molecule is CC(C)C(=O)N1CCN(CCOc2cccc(N3CCC(=O)NC3=O)c2)CC1. The molecule has 0 saturated carbocycles. The molecule has 1 aromatic rings. The van der Waals surface area contributed by atoms with Gasteiger partial charge in [0, 0.05) is 63.4 Å². The number of amides is 4. The molecular formula is C20H28N4O4. The van der Waals surface area contributed by atoms with Crippen molar-refractivity contribution in [3.8, 4) is 5.75 Å². The van der Waals surface area contributed by atoms with Gasteiger partial charge in [-0.05, 0) is 12.1 Å². The molecule has 152 valence electrons. The predicted octanol–water partition coefficient (Wildman–Crippen LogP) is 1.31. The summed E-state index contributed by atoms with van der Waals surface area (Å²) in [5.74, 6) is 0.707.